The van der Waals surface area contributed by atoms with E-state index < -0.39 is 0 Å². The highest BCUT2D eigenvalue weighted by molar-refractivity contribution is 5.92. The zero-order chi connectivity index (χ0) is 15.1. The topological polar surface area (TPSA) is 64.0 Å². The molecule has 1 saturated carbocycles. The van der Waals surface area contributed by atoms with Crippen LogP contribution in [0.1, 0.15) is 68.8 Å². The van der Waals surface area contributed by atoms with E-state index in [2.05, 4.69) is 17.3 Å². The van der Waals surface area contributed by atoms with E-state index in [1.807, 2.05) is 0 Å². The Morgan fingerprint density at radius 1 is 1.29 bits per heavy atom. The maximum atomic E-state index is 12.3. The molecular weight excluding hydrogens is 266 g/mol. The highest BCUT2D eigenvalue weighted by Gasteiger charge is 2.17. The van der Waals surface area contributed by atoms with Gasteiger partial charge < -0.3 is 5.32 Å². The van der Waals surface area contributed by atoms with Crippen LogP contribution in [0.5, 0.6) is 0 Å². The number of carbonyl (C=O) groups excluding carboxylic acids is 1. The molecule has 0 spiro atoms. The molecule has 1 N–H and O–H groups in total. The number of amides is 1. The van der Waals surface area contributed by atoms with Gasteiger partial charge in [-0.15, -0.1) is 0 Å². The van der Waals surface area contributed by atoms with E-state index in [4.69, 9.17) is 0 Å². The highest BCUT2D eigenvalue weighted by Crippen LogP contribution is 2.17. The first-order chi connectivity index (χ1) is 10.2. The van der Waals surface area contributed by atoms with E-state index in [1.165, 1.54) is 42.5 Å². The van der Waals surface area contributed by atoms with E-state index in [-0.39, 0.29) is 17.5 Å². The van der Waals surface area contributed by atoms with Crippen LogP contribution in [0.25, 0.3) is 0 Å². The van der Waals surface area contributed by atoms with Gasteiger partial charge in [-0.3, -0.25) is 9.59 Å². The molecule has 1 aliphatic carbocycles. The lowest BCUT2D eigenvalue weighted by Crippen LogP contribution is -2.36. The molecule has 1 heterocycles. The molecule has 0 aliphatic heterocycles. The minimum Gasteiger partial charge on any atom is -0.348 e. The van der Waals surface area contributed by atoms with Crippen LogP contribution in [0.4, 0.5) is 0 Å². The summed E-state index contributed by atoms with van der Waals surface area (Å²) in [5.74, 6) is -0.160. The number of rotatable bonds is 5. The lowest BCUT2D eigenvalue weighted by molar-refractivity contribution is 0.0925. The molecule has 0 saturated heterocycles. The Morgan fingerprint density at radius 3 is 2.67 bits per heavy atom. The largest absolute Gasteiger partial charge is 0.348 e. The zero-order valence-electron chi connectivity index (χ0n) is 12.8. The Kier molecular flexibility index (Phi) is 5.96. The normalized spacial score (nSPS) is 16.4. The molecule has 116 valence electrons. The van der Waals surface area contributed by atoms with Crippen molar-refractivity contribution in [2.75, 3.05) is 0 Å². The van der Waals surface area contributed by atoms with Gasteiger partial charge in [-0.05, 0) is 25.3 Å². The molecule has 1 aliphatic rings. The first-order valence-corrected chi connectivity index (χ1v) is 8.09. The van der Waals surface area contributed by atoms with E-state index >= 15 is 0 Å². The highest BCUT2D eigenvalue weighted by atomic mass is 16.2. The van der Waals surface area contributed by atoms with Crippen LogP contribution >= 0.6 is 0 Å². The van der Waals surface area contributed by atoms with Crippen LogP contribution in [0.15, 0.2) is 16.9 Å². The van der Waals surface area contributed by atoms with Crippen LogP contribution < -0.4 is 10.9 Å². The third-order valence-corrected chi connectivity index (χ3v) is 4.01. The van der Waals surface area contributed by atoms with Crippen molar-refractivity contribution in [3.05, 3.63) is 28.2 Å². The summed E-state index contributed by atoms with van der Waals surface area (Å²) in [6.45, 7) is 2.63. The van der Waals surface area contributed by atoms with Crippen molar-refractivity contribution in [1.82, 2.24) is 15.1 Å². The van der Waals surface area contributed by atoms with Gasteiger partial charge >= 0.3 is 0 Å². The molecular formula is C16H25N3O2. The second-order valence-corrected chi connectivity index (χ2v) is 5.80. The van der Waals surface area contributed by atoms with Crippen molar-refractivity contribution >= 4 is 5.91 Å². The molecule has 1 aromatic rings. The van der Waals surface area contributed by atoms with Crippen LogP contribution in [0.3, 0.4) is 0 Å². The van der Waals surface area contributed by atoms with Gasteiger partial charge in [-0.2, -0.15) is 5.10 Å². The Hall–Kier alpha value is -1.65. The standard InChI is InChI=1S/C16H25N3O2/c1-2-3-12-19-15(20)11-10-14(18-19)16(21)17-13-8-6-4-5-7-9-13/h10-11,13H,2-9,12H2,1H3,(H,17,21). The summed E-state index contributed by atoms with van der Waals surface area (Å²) in [4.78, 5) is 24.0. The number of aryl methyl sites for hydroxylation is 1. The van der Waals surface area contributed by atoms with Crippen molar-refractivity contribution in [1.29, 1.82) is 0 Å². The molecule has 0 unspecified atom stereocenters. The molecule has 0 atom stereocenters. The van der Waals surface area contributed by atoms with Crippen LogP contribution in [0.2, 0.25) is 0 Å². The quantitative estimate of drug-likeness (QED) is 0.848. The molecule has 0 radical (unpaired) electrons. The first-order valence-electron chi connectivity index (χ1n) is 8.09. The maximum absolute atomic E-state index is 12.3. The summed E-state index contributed by atoms with van der Waals surface area (Å²) >= 11 is 0. The van der Waals surface area contributed by atoms with E-state index in [0.717, 1.165) is 25.7 Å². The van der Waals surface area contributed by atoms with Crippen molar-refractivity contribution in [2.45, 2.75) is 70.9 Å². The summed E-state index contributed by atoms with van der Waals surface area (Å²) in [6.07, 6.45) is 8.83. The van der Waals surface area contributed by atoms with Crippen LogP contribution in [-0.4, -0.2) is 21.7 Å². The summed E-state index contributed by atoms with van der Waals surface area (Å²) in [6, 6.07) is 3.21. The van der Waals surface area contributed by atoms with Crippen molar-refractivity contribution < 1.29 is 4.79 Å². The zero-order valence-corrected chi connectivity index (χ0v) is 12.8. The average Bonchev–Trinajstić information content (AvgIpc) is 2.75. The molecule has 0 bridgehead atoms. The van der Waals surface area contributed by atoms with Crippen LogP contribution in [0, 0.1) is 0 Å². The molecule has 2 rings (SSSR count). The third-order valence-electron chi connectivity index (χ3n) is 4.01. The van der Waals surface area contributed by atoms with Crippen molar-refractivity contribution in [3.63, 3.8) is 0 Å². The van der Waals surface area contributed by atoms with Gasteiger partial charge in [0.25, 0.3) is 11.5 Å². The molecule has 0 aromatic carbocycles. The Labute approximate surface area is 125 Å². The summed E-state index contributed by atoms with van der Waals surface area (Å²) < 4.78 is 1.39. The van der Waals surface area contributed by atoms with Gasteiger partial charge in [0.05, 0.1) is 0 Å². The minimum absolute atomic E-state index is 0.144. The van der Waals surface area contributed by atoms with E-state index in [1.54, 1.807) is 0 Å². The number of unbranched alkanes of at least 4 members (excludes halogenated alkanes) is 1. The fourth-order valence-electron chi connectivity index (χ4n) is 2.72. The summed E-state index contributed by atoms with van der Waals surface area (Å²) in [5.41, 5.74) is 0.199. The molecule has 21 heavy (non-hydrogen) atoms. The number of carbonyl (C=O) groups is 1. The Balaban J connectivity index is 2.02. The second kappa shape index (κ2) is 7.96. The number of hydrogen-bond acceptors (Lipinski definition) is 3. The lowest BCUT2D eigenvalue weighted by atomic mass is 10.1. The van der Waals surface area contributed by atoms with Gasteiger partial charge in [0.1, 0.15) is 5.69 Å². The van der Waals surface area contributed by atoms with Crippen molar-refractivity contribution in [2.24, 2.45) is 0 Å². The number of hydrogen-bond donors (Lipinski definition) is 1. The summed E-state index contributed by atoms with van der Waals surface area (Å²) in [5, 5.41) is 7.25. The van der Waals surface area contributed by atoms with Gasteiger partial charge in [0.2, 0.25) is 0 Å². The predicted octanol–water partition coefficient (Wildman–Crippen LogP) is 2.50. The number of aromatic nitrogens is 2. The number of nitrogens with one attached hydrogen (secondary N) is 1. The van der Waals surface area contributed by atoms with Crippen molar-refractivity contribution in [3.8, 4) is 0 Å². The smallest absolute Gasteiger partial charge is 0.271 e. The Morgan fingerprint density at radius 2 is 2.00 bits per heavy atom. The maximum Gasteiger partial charge on any atom is 0.271 e. The minimum atomic E-state index is -0.160. The SMILES string of the molecule is CCCCn1nc(C(=O)NC2CCCCCC2)ccc1=O. The van der Waals surface area contributed by atoms with E-state index in [9.17, 15) is 9.59 Å². The molecule has 5 nitrogen and oxygen atoms in total. The van der Waals surface area contributed by atoms with Crippen LogP contribution in [-0.2, 0) is 6.54 Å². The van der Waals surface area contributed by atoms with Gasteiger partial charge in [-0.1, -0.05) is 39.0 Å². The molecule has 1 amide bonds. The molecule has 1 aromatic heterocycles. The first kappa shape index (κ1) is 15.7. The number of nitrogens with zero attached hydrogens (tertiary/aromatic N) is 2. The fraction of sp³-hybridized carbons (Fsp3) is 0.688. The lowest BCUT2D eigenvalue weighted by Gasteiger charge is -2.16. The van der Waals surface area contributed by atoms with E-state index in [0.29, 0.717) is 12.2 Å². The average molecular weight is 291 g/mol. The monoisotopic (exact) mass is 291 g/mol. The Bertz CT molecular complexity index is 516. The van der Waals surface area contributed by atoms with Gasteiger partial charge in [0, 0.05) is 18.7 Å². The summed E-state index contributed by atoms with van der Waals surface area (Å²) in [7, 11) is 0. The third kappa shape index (κ3) is 4.69. The predicted molar refractivity (Wildman–Crippen MR) is 82.4 cm³/mol. The fourth-order valence-corrected chi connectivity index (χ4v) is 2.72. The second-order valence-electron chi connectivity index (χ2n) is 5.80. The molecule has 1 fully saturated rings. The molecule has 5 heteroatoms. The van der Waals surface area contributed by atoms with Gasteiger partial charge in [0.15, 0.2) is 0 Å². The van der Waals surface area contributed by atoms with Gasteiger partial charge in [-0.25, -0.2) is 4.68 Å².